The van der Waals surface area contributed by atoms with Gasteiger partial charge in [0.25, 0.3) is 0 Å². The quantitative estimate of drug-likeness (QED) is 0.389. The Labute approximate surface area is 72.9 Å². The topological polar surface area (TPSA) is 52.3 Å². The first-order valence-corrected chi connectivity index (χ1v) is 3.74. The standard InChI is InChI=1S/C9H15NO2/c1-7(6-10)4-5-8(2)9(11)12-3/h4-5H,6,10H2,1-3H3/b7-4+,8-5+. The summed E-state index contributed by atoms with van der Waals surface area (Å²) in [5, 5.41) is 0. The number of rotatable bonds is 3. The molecule has 0 aromatic heterocycles. The van der Waals surface area contributed by atoms with E-state index in [0.717, 1.165) is 5.57 Å². The second-order valence-corrected chi connectivity index (χ2v) is 2.56. The average Bonchev–Trinajstić information content (AvgIpc) is 2.11. The van der Waals surface area contributed by atoms with Crippen molar-refractivity contribution in [2.75, 3.05) is 13.7 Å². The van der Waals surface area contributed by atoms with Gasteiger partial charge in [-0.2, -0.15) is 0 Å². The Morgan fingerprint density at radius 3 is 2.42 bits per heavy atom. The maximum atomic E-state index is 10.9. The van der Waals surface area contributed by atoms with Crippen molar-refractivity contribution < 1.29 is 9.53 Å². The lowest BCUT2D eigenvalue weighted by Gasteiger charge is -1.96. The van der Waals surface area contributed by atoms with Crippen molar-refractivity contribution in [3.63, 3.8) is 0 Å². The van der Waals surface area contributed by atoms with E-state index in [4.69, 9.17) is 5.73 Å². The highest BCUT2D eigenvalue weighted by Gasteiger charge is 1.99. The minimum Gasteiger partial charge on any atom is -0.466 e. The monoisotopic (exact) mass is 169 g/mol. The summed E-state index contributed by atoms with van der Waals surface area (Å²) in [6.07, 6.45) is 3.51. The van der Waals surface area contributed by atoms with Crippen molar-refractivity contribution >= 4 is 5.97 Å². The molecule has 0 amide bonds. The summed E-state index contributed by atoms with van der Waals surface area (Å²) >= 11 is 0. The SMILES string of the molecule is COC(=O)/C(C)=C/C=C(\C)CN. The minimum absolute atomic E-state index is 0.309. The van der Waals surface area contributed by atoms with Gasteiger partial charge < -0.3 is 10.5 Å². The third-order valence-corrected chi connectivity index (χ3v) is 1.45. The predicted octanol–water partition coefficient (Wildman–Crippen LogP) is 1.01. The molecule has 0 spiro atoms. The highest BCUT2D eigenvalue weighted by molar-refractivity contribution is 5.87. The van der Waals surface area contributed by atoms with Gasteiger partial charge in [-0.3, -0.25) is 0 Å². The lowest BCUT2D eigenvalue weighted by Crippen LogP contribution is -2.02. The summed E-state index contributed by atoms with van der Waals surface area (Å²) in [6, 6.07) is 0. The number of esters is 1. The molecule has 0 fully saturated rings. The highest BCUT2D eigenvalue weighted by atomic mass is 16.5. The number of hydrogen-bond donors (Lipinski definition) is 1. The number of hydrogen-bond acceptors (Lipinski definition) is 3. The summed E-state index contributed by atoms with van der Waals surface area (Å²) in [4.78, 5) is 10.9. The van der Waals surface area contributed by atoms with Crippen LogP contribution in [0.3, 0.4) is 0 Å². The average molecular weight is 169 g/mol. The maximum Gasteiger partial charge on any atom is 0.333 e. The minimum atomic E-state index is -0.309. The summed E-state index contributed by atoms with van der Waals surface area (Å²) < 4.78 is 4.51. The zero-order valence-corrected chi connectivity index (χ0v) is 7.76. The van der Waals surface area contributed by atoms with Gasteiger partial charge in [0.05, 0.1) is 7.11 Å². The summed E-state index contributed by atoms with van der Waals surface area (Å²) in [7, 11) is 1.36. The number of nitrogens with two attached hydrogens (primary N) is 1. The van der Waals surface area contributed by atoms with Crippen LogP contribution in [-0.2, 0) is 9.53 Å². The first-order chi connectivity index (χ1) is 5.61. The Bertz CT molecular complexity index is 217. The molecule has 0 unspecified atom stereocenters. The molecule has 0 rings (SSSR count). The van der Waals surface area contributed by atoms with E-state index >= 15 is 0 Å². The van der Waals surface area contributed by atoms with E-state index in [1.165, 1.54) is 7.11 Å². The number of carbonyl (C=O) groups is 1. The number of ether oxygens (including phenoxy) is 1. The van der Waals surface area contributed by atoms with E-state index in [0.29, 0.717) is 12.1 Å². The van der Waals surface area contributed by atoms with E-state index in [2.05, 4.69) is 4.74 Å². The number of allylic oxidation sites excluding steroid dienone is 2. The van der Waals surface area contributed by atoms with Crippen LogP contribution >= 0.6 is 0 Å². The molecule has 12 heavy (non-hydrogen) atoms. The van der Waals surface area contributed by atoms with Crippen LogP contribution in [0.1, 0.15) is 13.8 Å². The molecule has 3 heteroatoms. The van der Waals surface area contributed by atoms with E-state index < -0.39 is 0 Å². The zero-order chi connectivity index (χ0) is 9.56. The number of methoxy groups -OCH3 is 1. The Morgan fingerprint density at radius 2 is 2.00 bits per heavy atom. The van der Waals surface area contributed by atoms with Crippen molar-refractivity contribution in [2.45, 2.75) is 13.8 Å². The van der Waals surface area contributed by atoms with Crippen LogP contribution < -0.4 is 5.73 Å². The van der Waals surface area contributed by atoms with Crippen molar-refractivity contribution in [3.8, 4) is 0 Å². The molecule has 0 aliphatic rings. The van der Waals surface area contributed by atoms with Crippen molar-refractivity contribution in [1.82, 2.24) is 0 Å². The fourth-order valence-electron chi connectivity index (χ4n) is 0.564. The molecular formula is C9H15NO2. The zero-order valence-electron chi connectivity index (χ0n) is 7.76. The molecule has 0 aliphatic carbocycles. The van der Waals surface area contributed by atoms with Gasteiger partial charge in [0.15, 0.2) is 0 Å². The van der Waals surface area contributed by atoms with Crippen molar-refractivity contribution in [1.29, 1.82) is 0 Å². The van der Waals surface area contributed by atoms with Crippen LogP contribution in [0.5, 0.6) is 0 Å². The molecular weight excluding hydrogens is 154 g/mol. The van der Waals surface area contributed by atoms with Gasteiger partial charge >= 0.3 is 5.97 Å². The second-order valence-electron chi connectivity index (χ2n) is 2.56. The molecule has 0 atom stereocenters. The Morgan fingerprint density at radius 1 is 1.42 bits per heavy atom. The van der Waals surface area contributed by atoms with Gasteiger partial charge in [0.2, 0.25) is 0 Å². The second kappa shape index (κ2) is 5.55. The van der Waals surface area contributed by atoms with Crippen molar-refractivity contribution in [2.24, 2.45) is 5.73 Å². The third-order valence-electron chi connectivity index (χ3n) is 1.45. The molecule has 2 N–H and O–H groups in total. The highest BCUT2D eigenvalue weighted by Crippen LogP contribution is 1.98. The molecule has 0 aromatic carbocycles. The Kier molecular flexibility index (Phi) is 5.04. The molecule has 0 aromatic rings. The van der Waals surface area contributed by atoms with Crippen LogP contribution in [-0.4, -0.2) is 19.6 Å². The van der Waals surface area contributed by atoms with Gasteiger partial charge in [-0.1, -0.05) is 17.7 Å². The molecule has 0 saturated heterocycles. The Hall–Kier alpha value is -1.09. The molecule has 68 valence electrons. The van der Waals surface area contributed by atoms with Crippen LogP contribution in [0, 0.1) is 0 Å². The van der Waals surface area contributed by atoms with Gasteiger partial charge in [0.1, 0.15) is 0 Å². The normalized spacial score (nSPS) is 13.0. The van der Waals surface area contributed by atoms with Gasteiger partial charge in [-0.25, -0.2) is 4.79 Å². The molecule has 3 nitrogen and oxygen atoms in total. The van der Waals surface area contributed by atoms with Crippen LogP contribution in [0.4, 0.5) is 0 Å². The summed E-state index contributed by atoms with van der Waals surface area (Å²) in [6.45, 7) is 4.11. The first kappa shape index (κ1) is 10.9. The van der Waals surface area contributed by atoms with Gasteiger partial charge in [0, 0.05) is 12.1 Å². The number of carbonyl (C=O) groups excluding carboxylic acids is 1. The predicted molar refractivity (Wildman–Crippen MR) is 48.6 cm³/mol. The fourth-order valence-corrected chi connectivity index (χ4v) is 0.564. The van der Waals surface area contributed by atoms with Crippen LogP contribution in [0.25, 0.3) is 0 Å². The van der Waals surface area contributed by atoms with E-state index in [1.54, 1.807) is 13.0 Å². The summed E-state index contributed by atoms with van der Waals surface area (Å²) in [5.41, 5.74) is 6.95. The lowest BCUT2D eigenvalue weighted by atomic mass is 10.2. The molecule has 0 saturated carbocycles. The van der Waals surface area contributed by atoms with Gasteiger partial charge in [-0.15, -0.1) is 0 Å². The third kappa shape index (κ3) is 3.93. The van der Waals surface area contributed by atoms with E-state index in [-0.39, 0.29) is 5.97 Å². The van der Waals surface area contributed by atoms with Crippen LogP contribution in [0.2, 0.25) is 0 Å². The lowest BCUT2D eigenvalue weighted by molar-refractivity contribution is -0.136. The van der Waals surface area contributed by atoms with Crippen LogP contribution in [0.15, 0.2) is 23.3 Å². The first-order valence-electron chi connectivity index (χ1n) is 3.74. The largest absolute Gasteiger partial charge is 0.466 e. The molecule has 0 heterocycles. The fraction of sp³-hybridized carbons (Fsp3) is 0.444. The summed E-state index contributed by atoms with van der Waals surface area (Å²) in [5.74, 6) is -0.309. The van der Waals surface area contributed by atoms with Gasteiger partial charge in [-0.05, 0) is 13.8 Å². The molecule has 0 aliphatic heterocycles. The smallest absolute Gasteiger partial charge is 0.333 e. The Balaban J connectivity index is 4.27. The van der Waals surface area contributed by atoms with E-state index in [1.807, 2.05) is 13.0 Å². The molecule has 0 radical (unpaired) electrons. The maximum absolute atomic E-state index is 10.9. The molecule has 0 bridgehead atoms. The van der Waals surface area contributed by atoms with Crippen molar-refractivity contribution in [3.05, 3.63) is 23.3 Å². The van der Waals surface area contributed by atoms with E-state index in [9.17, 15) is 4.79 Å².